The lowest BCUT2D eigenvalue weighted by atomic mass is 10.3. The van der Waals surface area contributed by atoms with Crippen LogP contribution in [0.5, 0.6) is 0 Å². The summed E-state index contributed by atoms with van der Waals surface area (Å²) in [6, 6.07) is 1.15. The fourth-order valence-electron chi connectivity index (χ4n) is 1.88. The second kappa shape index (κ2) is 5.74. The van der Waals surface area contributed by atoms with Crippen molar-refractivity contribution in [1.82, 2.24) is 24.7 Å². The predicted octanol–water partition coefficient (Wildman–Crippen LogP) is 0.475. The van der Waals surface area contributed by atoms with E-state index in [0.717, 1.165) is 18.7 Å². The largest absolute Gasteiger partial charge is 0.364 e. The van der Waals surface area contributed by atoms with Gasteiger partial charge in [-0.3, -0.25) is 4.79 Å². The van der Waals surface area contributed by atoms with Crippen molar-refractivity contribution in [1.29, 1.82) is 0 Å². The number of rotatable bonds is 4. The first-order chi connectivity index (χ1) is 9.56. The number of nitrogens with two attached hydrogens (primary N) is 2. The Morgan fingerprint density at radius 3 is 2.71 bits per heavy atom. The zero-order valence-electron chi connectivity index (χ0n) is 11.4. The van der Waals surface area contributed by atoms with E-state index < -0.39 is 5.91 Å². The van der Waals surface area contributed by atoms with Crippen molar-refractivity contribution in [3.8, 4) is 5.95 Å². The first kappa shape index (κ1) is 15.3. The van der Waals surface area contributed by atoms with Gasteiger partial charge in [0.2, 0.25) is 0 Å². The van der Waals surface area contributed by atoms with Gasteiger partial charge in [0, 0.05) is 12.1 Å². The molecule has 2 aromatic heterocycles. The van der Waals surface area contributed by atoms with Crippen LogP contribution in [0, 0.1) is 0 Å². The number of hydrogen-bond acceptors (Lipinski definition) is 6. The molecule has 0 bridgehead atoms. The minimum Gasteiger partial charge on any atom is -0.364 e. The van der Waals surface area contributed by atoms with Crippen molar-refractivity contribution >= 4 is 18.3 Å². The Kier molecular flexibility index (Phi) is 4.19. The summed E-state index contributed by atoms with van der Waals surface area (Å²) >= 11 is 0. The molecule has 1 amide bonds. The van der Waals surface area contributed by atoms with Crippen molar-refractivity contribution < 1.29 is 4.79 Å². The van der Waals surface area contributed by atoms with Crippen molar-refractivity contribution in [2.24, 2.45) is 11.5 Å². The third-order valence-corrected chi connectivity index (χ3v) is 3.08. The lowest BCUT2D eigenvalue weighted by molar-refractivity contribution is 0.0995. The molecule has 1 atom stereocenters. The Balaban J connectivity index is 0.00000161. The molecule has 0 radical (unpaired) electrons. The topological polar surface area (TPSA) is 126 Å². The summed E-state index contributed by atoms with van der Waals surface area (Å²) in [5, 5.41) is 4.41. The third kappa shape index (κ3) is 3.01. The quantitative estimate of drug-likeness (QED) is 0.845. The first-order valence-corrected chi connectivity index (χ1v) is 6.42. The van der Waals surface area contributed by atoms with Gasteiger partial charge in [0.15, 0.2) is 11.6 Å². The summed E-state index contributed by atoms with van der Waals surface area (Å²) < 4.78 is 1.49. The third-order valence-electron chi connectivity index (χ3n) is 3.08. The number of halogens is 1. The van der Waals surface area contributed by atoms with Gasteiger partial charge in [0.1, 0.15) is 5.69 Å². The second-order valence-corrected chi connectivity index (χ2v) is 4.91. The molecule has 1 aliphatic rings. The van der Waals surface area contributed by atoms with Crippen LogP contribution < -0.4 is 11.5 Å². The summed E-state index contributed by atoms with van der Waals surface area (Å²) in [5.41, 5.74) is 11.3. The number of amides is 1. The molecule has 0 spiro atoms. The molecule has 0 unspecified atom stereocenters. The number of nitrogens with zero attached hydrogens (tertiary/aromatic N) is 5. The van der Waals surface area contributed by atoms with Gasteiger partial charge in [-0.15, -0.1) is 17.5 Å². The van der Waals surface area contributed by atoms with Crippen molar-refractivity contribution in [3.05, 3.63) is 29.6 Å². The van der Waals surface area contributed by atoms with Crippen LogP contribution in [0.15, 0.2) is 12.3 Å². The predicted molar refractivity (Wildman–Crippen MR) is 77.3 cm³/mol. The van der Waals surface area contributed by atoms with E-state index in [9.17, 15) is 4.79 Å². The average molecular weight is 310 g/mol. The summed E-state index contributed by atoms with van der Waals surface area (Å²) in [5.74, 6) is 1.37. The summed E-state index contributed by atoms with van der Waals surface area (Å²) in [6.07, 6.45) is 3.64. The molecule has 4 N–H and O–H groups in total. The number of carbonyl (C=O) groups is 1. The van der Waals surface area contributed by atoms with Gasteiger partial charge < -0.3 is 11.5 Å². The minimum atomic E-state index is -0.612. The van der Waals surface area contributed by atoms with Gasteiger partial charge >= 0.3 is 0 Å². The molecule has 0 saturated heterocycles. The maximum atomic E-state index is 11.2. The highest BCUT2D eigenvalue weighted by atomic mass is 35.5. The molecule has 1 fully saturated rings. The summed E-state index contributed by atoms with van der Waals surface area (Å²) in [4.78, 5) is 23.9. The van der Waals surface area contributed by atoms with Crippen molar-refractivity contribution in [2.45, 2.75) is 31.7 Å². The maximum Gasteiger partial charge on any atom is 0.267 e. The van der Waals surface area contributed by atoms with Crippen LogP contribution >= 0.6 is 12.4 Å². The molecule has 3 rings (SSSR count). The zero-order valence-corrected chi connectivity index (χ0v) is 12.2. The van der Waals surface area contributed by atoms with E-state index in [1.54, 1.807) is 0 Å². The van der Waals surface area contributed by atoms with Gasteiger partial charge in [-0.05, 0) is 25.8 Å². The Labute approximate surface area is 127 Å². The van der Waals surface area contributed by atoms with Gasteiger partial charge in [0.05, 0.1) is 6.04 Å². The summed E-state index contributed by atoms with van der Waals surface area (Å²) in [6.45, 7) is 1.81. The Hall–Kier alpha value is -2.06. The van der Waals surface area contributed by atoms with Crippen LogP contribution in [0.3, 0.4) is 0 Å². The van der Waals surface area contributed by atoms with E-state index in [1.165, 1.54) is 16.9 Å². The molecule has 1 aliphatic carbocycles. The molecular formula is C12H16ClN7O. The molecule has 1 saturated carbocycles. The van der Waals surface area contributed by atoms with Crippen molar-refractivity contribution in [3.63, 3.8) is 0 Å². The molecule has 112 valence electrons. The monoisotopic (exact) mass is 309 g/mol. The van der Waals surface area contributed by atoms with Gasteiger partial charge in [-0.2, -0.15) is 4.68 Å². The zero-order chi connectivity index (χ0) is 14.3. The Bertz CT molecular complexity index is 665. The average Bonchev–Trinajstić information content (AvgIpc) is 3.17. The fraction of sp³-hybridized carbons (Fsp3) is 0.417. The molecule has 0 aliphatic heterocycles. The Morgan fingerprint density at radius 1 is 1.43 bits per heavy atom. The first-order valence-electron chi connectivity index (χ1n) is 6.42. The van der Waals surface area contributed by atoms with E-state index in [2.05, 4.69) is 20.1 Å². The fourth-order valence-corrected chi connectivity index (χ4v) is 1.88. The normalized spacial score (nSPS) is 15.3. The van der Waals surface area contributed by atoms with E-state index in [-0.39, 0.29) is 30.1 Å². The second-order valence-electron chi connectivity index (χ2n) is 4.91. The molecule has 9 heteroatoms. The summed E-state index contributed by atoms with van der Waals surface area (Å²) in [7, 11) is 0. The lowest BCUT2D eigenvalue weighted by Gasteiger charge is -2.06. The van der Waals surface area contributed by atoms with Crippen LogP contribution in [0.1, 0.15) is 53.9 Å². The SMILES string of the molecule is C[C@H](N)c1nc(C2CC2)nn1-c1nccc(C(N)=O)n1.Cl. The van der Waals surface area contributed by atoms with Gasteiger partial charge in [0.25, 0.3) is 11.9 Å². The lowest BCUT2D eigenvalue weighted by Crippen LogP contribution is -2.18. The van der Waals surface area contributed by atoms with Crippen LogP contribution in [0.2, 0.25) is 0 Å². The van der Waals surface area contributed by atoms with E-state index >= 15 is 0 Å². The number of hydrogen-bond donors (Lipinski definition) is 2. The number of aromatic nitrogens is 5. The minimum absolute atomic E-state index is 0. The number of carbonyl (C=O) groups excluding carboxylic acids is 1. The van der Waals surface area contributed by atoms with E-state index in [1.807, 2.05) is 6.92 Å². The standard InChI is InChI=1S/C12H15N7O.ClH/c1-6(13)11-17-10(7-2-3-7)18-19(11)12-15-5-4-8(16-12)9(14)20;/h4-7H,2-3,13H2,1H3,(H2,14,20);1H/t6-;/m0./s1. The molecule has 21 heavy (non-hydrogen) atoms. The molecule has 8 nitrogen and oxygen atoms in total. The Morgan fingerprint density at radius 2 is 2.14 bits per heavy atom. The molecule has 0 aromatic carbocycles. The van der Waals surface area contributed by atoms with E-state index in [4.69, 9.17) is 11.5 Å². The van der Waals surface area contributed by atoms with Gasteiger partial charge in [-0.25, -0.2) is 15.0 Å². The molecule has 2 aromatic rings. The van der Waals surface area contributed by atoms with Crippen LogP contribution in [0.25, 0.3) is 5.95 Å². The highest BCUT2D eigenvalue weighted by Gasteiger charge is 2.30. The van der Waals surface area contributed by atoms with E-state index in [0.29, 0.717) is 11.7 Å². The highest BCUT2D eigenvalue weighted by Crippen LogP contribution is 2.38. The molecular weight excluding hydrogens is 294 g/mol. The number of primary amides is 1. The van der Waals surface area contributed by atoms with Crippen LogP contribution in [0.4, 0.5) is 0 Å². The van der Waals surface area contributed by atoms with Gasteiger partial charge in [-0.1, -0.05) is 0 Å². The maximum absolute atomic E-state index is 11.2. The molecule has 2 heterocycles. The smallest absolute Gasteiger partial charge is 0.267 e. The van der Waals surface area contributed by atoms with Crippen molar-refractivity contribution in [2.75, 3.05) is 0 Å². The highest BCUT2D eigenvalue weighted by molar-refractivity contribution is 5.90. The van der Waals surface area contributed by atoms with Crippen LogP contribution in [-0.2, 0) is 0 Å². The van der Waals surface area contributed by atoms with Crippen LogP contribution in [-0.4, -0.2) is 30.6 Å².